The van der Waals surface area contributed by atoms with Gasteiger partial charge in [-0.15, -0.1) is 0 Å². The van der Waals surface area contributed by atoms with E-state index in [0.717, 1.165) is 5.56 Å². The molecule has 1 atom stereocenters. The van der Waals surface area contributed by atoms with Crippen LogP contribution in [-0.2, 0) is 27.7 Å². The Morgan fingerprint density at radius 3 is 2.90 bits per heavy atom. The predicted octanol–water partition coefficient (Wildman–Crippen LogP) is -0.00230. The first-order valence-electron chi connectivity index (χ1n) is 9.68. The van der Waals surface area contributed by atoms with Crippen molar-refractivity contribution in [2.45, 2.75) is 25.6 Å². The average Bonchev–Trinajstić information content (AvgIpc) is 3.46. The number of hydrogen-bond acceptors (Lipinski definition) is 8. The van der Waals surface area contributed by atoms with Crippen LogP contribution in [0, 0.1) is 0 Å². The third-order valence-corrected chi connectivity index (χ3v) is 7.13. The second-order valence-electron chi connectivity index (χ2n) is 7.53. The van der Waals surface area contributed by atoms with Gasteiger partial charge in [-0.2, -0.15) is 5.10 Å². The van der Waals surface area contributed by atoms with Crippen LogP contribution in [0.1, 0.15) is 18.0 Å². The molecule has 1 fully saturated rings. The van der Waals surface area contributed by atoms with Crippen molar-refractivity contribution in [2.75, 3.05) is 18.3 Å². The van der Waals surface area contributed by atoms with Gasteiger partial charge in [-0.3, -0.25) is 14.2 Å². The number of fused-ring (bicyclic) bond motifs is 2. The van der Waals surface area contributed by atoms with Gasteiger partial charge in [0.25, 0.3) is 5.56 Å². The Bertz CT molecular complexity index is 1350. The fraction of sp³-hybridized carbons (Fsp3) is 0.368. The smallest absolute Gasteiger partial charge is 0.264 e. The summed E-state index contributed by atoms with van der Waals surface area (Å²) < 4.78 is 36.8. The van der Waals surface area contributed by atoms with Crippen LogP contribution < -0.4 is 20.3 Å². The third-order valence-electron chi connectivity index (χ3n) is 5.37. The van der Waals surface area contributed by atoms with E-state index in [9.17, 15) is 18.0 Å². The standard InChI is InChI=1S/C19H19N5O6S/c25-17(20-6-12-1-2-15-16(5-12)30-11-29-15)8-23-10-21-18-14(19(23)26)7-22-24(18)13-3-4-31(27,28)9-13/h1-2,5,7,10,13H,3-4,6,8-9,11H2,(H,20,25)/t13-/m0/s1. The highest BCUT2D eigenvalue weighted by Gasteiger charge is 2.31. The van der Waals surface area contributed by atoms with Crippen molar-refractivity contribution < 1.29 is 22.7 Å². The van der Waals surface area contributed by atoms with Crippen molar-refractivity contribution in [3.05, 3.63) is 46.6 Å². The lowest BCUT2D eigenvalue weighted by Gasteiger charge is -2.10. The maximum absolute atomic E-state index is 12.8. The van der Waals surface area contributed by atoms with Crippen molar-refractivity contribution in [1.29, 1.82) is 0 Å². The van der Waals surface area contributed by atoms with Crippen molar-refractivity contribution in [1.82, 2.24) is 24.6 Å². The Kier molecular flexibility index (Phi) is 4.65. The molecular formula is C19H19N5O6S. The summed E-state index contributed by atoms with van der Waals surface area (Å²) in [6.07, 6.45) is 3.09. The van der Waals surface area contributed by atoms with E-state index in [2.05, 4.69) is 15.4 Å². The molecule has 2 aromatic heterocycles. The second kappa shape index (κ2) is 7.38. The third kappa shape index (κ3) is 3.74. The first-order chi connectivity index (χ1) is 14.9. The highest BCUT2D eigenvalue weighted by Crippen LogP contribution is 2.32. The van der Waals surface area contributed by atoms with Gasteiger partial charge in [0.15, 0.2) is 27.0 Å². The van der Waals surface area contributed by atoms with Gasteiger partial charge in [-0.25, -0.2) is 18.1 Å². The van der Waals surface area contributed by atoms with Gasteiger partial charge in [0.1, 0.15) is 18.3 Å². The van der Waals surface area contributed by atoms with E-state index in [1.807, 2.05) is 6.07 Å². The molecule has 31 heavy (non-hydrogen) atoms. The number of sulfone groups is 1. The number of benzene rings is 1. The molecular weight excluding hydrogens is 426 g/mol. The van der Waals surface area contributed by atoms with Gasteiger partial charge in [0.2, 0.25) is 12.7 Å². The van der Waals surface area contributed by atoms with Gasteiger partial charge in [-0.1, -0.05) is 6.07 Å². The highest BCUT2D eigenvalue weighted by molar-refractivity contribution is 7.91. The molecule has 3 aromatic rings. The van der Waals surface area contributed by atoms with Crippen LogP contribution in [0.2, 0.25) is 0 Å². The Morgan fingerprint density at radius 1 is 1.26 bits per heavy atom. The molecule has 2 aliphatic rings. The molecule has 1 N–H and O–H groups in total. The van der Waals surface area contributed by atoms with Crippen LogP contribution in [0.3, 0.4) is 0 Å². The Hall–Kier alpha value is -3.41. The van der Waals surface area contributed by atoms with Crippen LogP contribution in [-0.4, -0.2) is 52.0 Å². The zero-order valence-electron chi connectivity index (χ0n) is 16.4. The number of ether oxygens (including phenoxy) is 2. The molecule has 0 spiro atoms. The molecule has 0 saturated carbocycles. The van der Waals surface area contributed by atoms with E-state index in [-0.39, 0.29) is 48.7 Å². The number of nitrogens with zero attached hydrogens (tertiary/aromatic N) is 4. The number of carbonyl (C=O) groups is 1. The molecule has 0 unspecified atom stereocenters. The van der Waals surface area contributed by atoms with Gasteiger partial charge >= 0.3 is 0 Å². The molecule has 1 amide bonds. The minimum Gasteiger partial charge on any atom is -0.454 e. The summed E-state index contributed by atoms with van der Waals surface area (Å²) >= 11 is 0. The number of aromatic nitrogens is 4. The molecule has 4 heterocycles. The number of amides is 1. The summed E-state index contributed by atoms with van der Waals surface area (Å²) in [4.78, 5) is 29.4. The number of carbonyl (C=O) groups excluding carboxylic acids is 1. The van der Waals surface area contributed by atoms with Crippen molar-refractivity contribution >= 4 is 26.8 Å². The lowest BCUT2D eigenvalue weighted by atomic mass is 10.2. The zero-order valence-corrected chi connectivity index (χ0v) is 17.2. The fourth-order valence-electron chi connectivity index (χ4n) is 3.78. The lowest BCUT2D eigenvalue weighted by Crippen LogP contribution is -2.32. The van der Waals surface area contributed by atoms with Crippen molar-refractivity contribution in [3.8, 4) is 11.5 Å². The van der Waals surface area contributed by atoms with E-state index < -0.39 is 15.4 Å². The zero-order chi connectivity index (χ0) is 21.6. The fourth-order valence-corrected chi connectivity index (χ4v) is 5.47. The van der Waals surface area contributed by atoms with E-state index in [0.29, 0.717) is 23.6 Å². The first kappa shape index (κ1) is 19.5. The monoisotopic (exact) mass is 445 g/mol. The molecule has 1 aromatic carbocycles. The molecule has 5 rings (SSSR count). The summed E-state index contributed by atoms with van der Waals surface area (Å²) in [6.45, 7) is 0.250. The molecule has 162 valence electrons. The largest absolute Gasteiger partial charge is 0.454 e. The van der Waals surface area contributed by atoms with E-state index in [1.165, 1.54) is 21.8 Å². The maximum Gasteiger partial charge on any atom is 0.264 e. The van der Waals surface area contributed by atoms with Gasteiger partial charge in [0, 0.05) is 6.54 Å². The van der Waals surface area contributed by atoms with Crippen molar-refractivity contribution in [2.24, 2.45) is 0 Å². The second-order valence-corrected chi connectivity index (χ2v) is 9.75. The molecule has 0 radical (unpaired) electrons. The topological polar surface area (TPSA) is 134 Å². The molecule has 12 heteroatoms. The van der Waals surface area contributed by atoms with Gasteiger partial charge in [-0.05, 0) is 24.1 Å². The van der Waals surface area contributed by atoms with Crippen molar-refractivity contribution in [3.63, 3.8) is 0 Å². The summed E-state index contributed by atoms with van der Waals surface area (Å²) in [7, 11) is -3.10. The molecule has 0 bridgehead atoms. The molecule has 2 aliphatic heterocycles. The Balaban J connectivity index is 1.29. The number of nitrogens with one attached hydrogen (secondary N) is 1. The lowest BCUT2D eigenvalue weighted by molar-refractivity contribution is -0.121. The Labute approximate surface area is 176 Å². The van der Waals surface area contributed by atoms with Gasteiger partial charge in [0.05, 0.1) is 23.7 Å². The molecule has 11 nitrogen and oxygen atoms in total. The van der Waals surface area contributed by atoms with E-state index in [1.54, 1.807) is 12.1 Å². The normalized spacial score (nSPS) is 19.0. The quantitative estimate of drug-likeness (QED) is 0.580. The summed E-state index contributed by atoms with van der Waals surface area (Å²) in [5, 5.41) is 7.19. The minimum absolute atomic E-state index is 0.0171. The van der Waals surface area contributed by atoms with Gasteiger partial charge < -0.3 is 14.8 Å². The SMILES string of the molecule is O=C(Cn1cnc2c(cnn2[C@H]2CCS(=O)(=O)C2)c1=O)NCc1ccc2c(c1)OCO2. The van der Waals surface area contributed by atoms with Crippen LogP contribution >= 0.6 is 0 Å². The van der Waals surface area contributed by atoms with E-state index in [4.69, 9.17) is 9.47 Å². The van der Waals surface area contributed by atoms with Crippen LogP contribution in [0.4, 0.5) is 0 Å². The van der Waals surface area contributed by atoms with Crippen LogP contribution in [0.15, 0.2) is 35.5 Å². The minimum atomic E-state index is -3.10. The number of hydrogen-bond donors (Lipinski definition) is 1. The number of rotatable bonds is 5. The van der Waals surface area contributed by atoms with E-state index >= 15 is 0 Å². The highest BCUT2D eigenvalue weighted by atomic mass is 32.2. The molecule has 0 aliphatic carbocycles. The van der Waals surface area contributed by atoms with Crippen LogP contribution in [0.5, 0.6) is 11.5 Å². The van der Waals surface area contributed by atoms with Crippen LogP contribution in [0.25, 0.3) is 11.0 Å². The summed E-state index contributed by atoms with van der Waals surface area (Å²) in [6, 6.07) is 5.06. The molecule has 1 saturated heterocycles. The average molecular weight is 445 g/mol. The summed E-state index contributed by atoms with van der Waals surface area (Å²) in [5.74, 6) is 1.02. The maximum atomic E-state index is 12.8. The predicted molar refractivity (Wildman–Crippen MR) is 109 cm³/mol. The summed E-state index contributed by atoms with van der Waals surface area (Å²) in [5.41, 5.74) is 0.755. The Morgan fingerprint density at radius 2 is 2.10 bits per heavy atom. The first-order valence-corrected chi connectivity index (χ1v) is 11.5.